The number of aldehydes is 1. The summed E-state index contributed by atoms with van der Waals surface area (Å²) in [6.07, 6.45) is 4.50. The molecule has 2 aliphatic rings. The minimum atomic E-state index is -1.22. The number of likely N-dealkylation sites (tertiary alicyclic amines) is 1. The summed E-state index contributed by atoms with van der Waals surface area (Å²) >= 11 is 0. The molecule has 0 spiro atoms. The molecule has 1 amide bonds. The number of amides is 1. The second kappa shape index (κ2) is 8.20. The van der Waals surface area contributed by atoms with Gasteiger partial charge in [0.15, 0.2) is 0 Å². The van der Waals surface area contributed by atoms with Gasteiger partial charge in [-0.15, -0.1) is 0 Å². The van der Waals surface area contributed by atoms with Crippen LogP contribution >= 0.6 is 0 Å². The molecule has 0 aromatic rings. The smallest absolute Gasteiger partial charge is 0.407 e. The van der Waals surface area contributed by atoms with Crippen molar-refractivity contribution >= 4 is 18.3 Å². The van der Waals surface area contributed by atoms with E-state index < -0.39 is 23.6 Å². The molecule has 0 aromatic heterocycles. The fourth-order valence-corrected chi connectivity index (χ4v) is 4.33. The Kier molecular flexibility index (Phi) is 6.44. The first-order chi connectivity index (χ1) is 12.3. The van der Waals surface area contributed by atoms with E-state index in [9.17, 15) is 19.5 Å². The molecule has 7 heteroatoms. The van der Waals surface area contributed by atoms with Crippen molar-refractivity contribution in [1.82, 2.24) is 10.2 Å². The Morgan fingerprint density at radius 3 is 2.69 bits per heavy atom. The molecular formula is C19H30N2O5. The standard InChI is InChI=1S/C19H30N2O5/c1-12(2)19(11-22,20-18(25)26-4)10-21-15(17(23)24)9-14-8-6-5-7-13(3)16(14)21/h11-12,14-16H,3,5-10H2,1-2,4H3,(H,20,25)(H,23,24). The Morgan fingerprint density at radius 1 is 1.46 bits per heavy atom. The van der Waals surface area contributed by atoms with Crippen molar-refractivity contribution in [2.45, 2.75) is 63.6 Å². The van der Waals surface area contributed by atoms with E-state index in [1.54, 1.807) is 0 Å². The van der Waals surface area contributed by atoms with Crippen molar-refractivity contribution < 1.29 is 24.2 Å². The predicted molar refractivity (Wildman–Crippen MR) is 96.8 cm³/mol. The molecule has 0 bridgehead atoms. The summed E-state index contributed by atoms with van der Waals surface area (Å²) in [5.74, 6) is -0.903. The highest BCUT2D eigenvalue weighted by Gasteiger charge is 2.50. The fourth-order valence-electron chi connectivity index (χ4n) is 4.33. The highest BCUT2D eigenvalue weighted by Crippen LogP contribution is 2.41. The fraction of sp³-hybridized carbons (Fsp3) is 0.737. The van der Waals surface area contributed by atoms with Gasteiger partial charge in [-0.05, 0) is 37.5 Å². The van der Waals surface area contributed by atoms with Crippen LogP contribution < -0.4 is 5.32 Å². The molecule has 0 radical (unpaired) electrons. The van der Waals surface area contributed by atoms with Crippen molar-refractivity contribution in [3.63, 3.8) is 0 Å². The Bertz CT molecular complexity index is 576. The SMILES string of the molecule is C=C1CCCCC2CC(C(=O)O)N(CC(C=O)(NC(=O)OC)C(C)C)C12. The minimum absolute atomic E-state index is 0.0730. The van der Waals surface area contributed by atoms with E-state index in [0.717, 1.165) is 31.3 Å². The highest BCUT2D eigenvalue weighted by atomic mass is 16.5. The monoisotopic (exact) mass is 366 g/mol. The van der Waals surface area contributed by atoms with Crippen molar-refractivity contribution in [2.24, 2.45) is 11.8 Å². The van der Waals surface area contributed by atoms with E-state index in [-0.39, 0.29) is 24.4 Å². The Balaban J connectivity index is 2.38. The van der Waals surface area contributed by atoms with Gasteiger partial charge >= 0.3 is 12.1 Å². The summed E-state index contributed by atoms with van der Waals surface area (Å²) in [5.41, 5.74) is -0.194. The zero-order chi connectivity index (χ0) is 19.5. The van der Waals surface area contributed by atoms with Crippen LogP contribution in [0.1, 0.15) is 46.0 Å². The van der Waals surface area contributed by atoms with Crippen molar-refractivity contribution in [3.8, 4) is 0 Å². The van der Waals surface area contributed by atoms with Gasteiger partial charge in [0.05, 0.1) is 7.11 Å². The van der Waals surface area contributed by atoms with Crippen LogP contribution in [0.15, 0.2) is 12.2 Å². The van der Waals surface area contributed by atoms with Gasteiger partial charge in [-0.2, -0.15) is 0 Å². The summed E-state index contributed by atoms with van der Waals surface area (Å²) < 4.78 is 4.68. The van der Waals surface area contributed by atoms with Gasteiger partial charge < -0.3 is 20.0 Å². The number of alkyl carbamates (subject to hydrolysis) is 1. The molecule has 4 unspecified atom stereocenters. The van der Waals surface area contributed by atoms with Crippen LogP contribution in [0.25, 0.3) is 0 Å². The molecule has 2 N–H and O–H groups in total. The van der Waals surface area contributed by atoms with Crippen LogP contribution in [0.2, 0.25) is 0 Å². The Hall–Kier alpha value is -1.89. The summed E-state index contributed by atoms with van der Waals surface area (Å²) in [6, 6.07) is -0.756. The molecule has 0 aromatic carbocycles. The number of carboxylic acids is 1. The number of fused-ring (bicyclic) bond motifs is 1. The largest absolute Gasteiger partial charge is 0.480 e. The van der Waals surface area contributed by atoms with Crippen molar-refractivity contribution in [2.75, 3.05) is 13.7 Å². The van der Waals surface area contributed by atoms with Crippen LogP contribution in [-0.2, 0) is 14.3 Å². The lowest BCUT2D eigenvalue weighted by molar-refractivity contribution is -0.143. The van der Waals surface area contributed by atoms with Crippen LogP contribution in [0.5, 0.6) is 0 Å². The third kappa shape index (κ3) is 3.92. The molecule has 2 rings (SSSR count). The normalized spacial score (nSPS) is 28.8. The zero-order valence-electron chi connectivity index (χ0n) is 15.9. The first-order valence-corrected chi connectivity index (χ1v) is 9.24. The number of nitrogens with zero attached hydrogens (tertiary/aromatic N) is 1. The third-order valence-electron chi connectivity index (χ3n) is 5.96. The number of methoxy groups -OCH3 is 1. The second-order valence-electron chi connectivity index (χ2n) is 7.80. The molecule has 1 saturated carbocycles. The lowest BCUT2D eigenvalue weighted by atomic mass is 9.86. The van der Waals surface area contributed by atoms with E-state index in [0.29, 0.717) is 12.7 Å². The number of carboxylic acid groups (broad SMARTS) is 1. The van der Waals surface area contributed by atoms with E-state index in [1.807, 2.05) is 18.7 Å². The summed E-state index contributed by atoms with van der Waals surface area (Å²) in [7, 11) is 1.24. The maximum absolute atomic E-state index is 12.0. The molecule has 1 aliphatic carbocycles. The molecule has 146 valence electrons. The van der Waals surface area contributed by atoms with Crippen molar-refractivity contribution in [1.29, 1.82) is 0 Å². The molecule has 1 aliphatic heterocycles. The molecule has 7 nitrogen and oxygen atoms in total. The third-order valence-corrected chi connectivity index (χ3v) is 5.96. The summed E-state index contributed by atoms with van der Waals surface area (Å²) in [5, 5.41) is 12.4. The van der Waals surface area contributed by atoms with Crippen LogP contribution in [0.3, 0.4) is 0 Å². The molecular weight excluding hydrogens is 336 g/mol. The van der Waals surface area contributed by atoms with Gasteiger partial charge in [-0.25, -0.2) is 4.79 Å². The number of ether oxygens (including phenoxy) is 1. The number of carbonyl (C=O) groups is 3. The Labute approximate surface area is 154 Å². The van der Waals surface area contributed by atoms with Gasteiger partial charge in [0.25, 0.3) is 0 Å². The van der Waals surface area contributed by atoms with E-state index in [1.165, 1.54) is 7.11 Å². The molecule has 1 heterocycles. The number of nitrogens with one attached hydrogen (secondary N) is 1. The molecule has 1 saturated heterocycles. The lowest BCUT2D eigenvalue weighted by Crippen LogP contribution is -2.62. The number of carbonyl (C=O) groups excluding carboxylic acids is 2. The van der Waals surface area contributed by atoms with Gasteiger partial charge in [0, 0.05) is 12.6 Å². The number of hydrogen-bond acceptors (Lipinski definition) is 5. The molecule has 2 fully saturated rings. The van der Waals surface area contributed by atoms with Crippen molar-refractivity contribution in [3.05, 3.63) is 12.2 Å². The topological polar surface area (TPSA) is 95.9 Å². The van der Waals surface area contributed by atoms with E-state index in [4.69, 9.17) is 0 Å². The van der Waals surface area contributed by atoms with E-state index in [2.05, 4.69) is 16.6 Å². The van der Waals surface area contributed by atoms with Crippen LogP contribution in [0.4, 0.5) is 4.79 Å². The number of rotatable bonds is 6. The maximum Gasteiger partial charge on any atom is 0.407 e. The Morgan fingerprint density at radius 2 is 2.15 bits per heavy atom. The summed E-state index contributed by atoms with van der Waals surface area (Å²) in [6.45, 7) is 7.99. The van der Waals surface area contributed by atoms with Gasteiger partial charge in [0.2, 0.25) is 0 Å². The zero-order valence-corrected chi connectivity index (χ0v) is 15.9. The highest BCUT2D eigenvalue weighted by molar-refractivity contribution is 5.78. The average molecular weight is 366 g/mol. The average Bonchev–Trinajstić information content (AvgIpc) is 2.85. The molecule has 4 atom stereocenters. The lowest BCUT2D eigenvalue weighted by Gasteiger charge is -2.40. The van der Waals surface area contributed by atoms with Gasteiger partial charge in [-0.1, -0.05) is 32.4 Å². The van der Waals surface area contributed by atoms with Crippen LogP contribution in [-0.4, -0.2) is 59.6 Å². The minimum Gasteiger partial charge on any atom is -0.480 e. The first kappa shape index (κ1) is 20.4. The first-order valence-electron chi connectivity index (χ1n) is 9.24. The number of hydrogen-bond donors (Lipinski definition) is 2. The maximum atomic E-state index is 12.0. The van der Waals surface area contributed by atoms with E-state index >= 15 is 0 Å². The molecule has 26 heavy (non-hydrogen) atoms. The number of aliphatic carboxylic acids is 1. The predicted octanol–water partition coefficient (Wildman–Crippen LogP) is 2.21. The summed E-state index contributed by atoms with van der Waals surface area (Å²) in [4.78, 5) is 37.6. The van der Waals surface area contributed by atoms with Gasteiger partial charge in [0.1, 0.15) is 17.9 Å². The quantitative estimate of drug-likeness (QED) is 0.553. The van der Waals surface area contributed by atoms with Crippen LogP contribution in [0, 0.1) is 11.8 Å². The van der Waals surface area contributed by atoms with Gasteiger partial charge in [-0.3, -0.25) is 9.69 Å². The second-order valence-corrected chi connectivity index (χ2v) is 7.80.